The summed E-state index contributed by atoms with van der Waals surface area (Å²) < 4.78 is 6.43. The molecule has 0 heterocycles. The normalized spacial score (nSPS) is 12.5. The van der Waals surface area contributed by atoms with Gasteiger partial charge in [0.1, 0.15) is 0 Å². The Balaban J connectivity index is 2.70. The average Bonchev–Trinajstić information content (AvgIpc) is 2.28. The Morgan fingerprint density at radius 3 is 2.71 bits per heavy atom. The van der Waals surface area contributed by atoms with Crippen LogP contribution < -0.4 is 10.6 Å². The number of ether oxygens (including phenoxy) is 1. The molecule has 0 bridgehead atoms. The number of anilines is 1. The molecule has 1 unspecified atom stereocenters. The third-order valence-electron chi connectivity index (χ3n) is 2.68. The molecular formula is C13H21BrN2O. The molecule has 3 nitrogen and oxygen atoms in total. The van der Waals surface area contributed by atoms with Gasteiger partial charge in [-0.25, -0.2) is 0 Å². The lowest BCUT2D eigenvalue weighted by Gasteiger charge is -2.21. The first kappa shape index (κ1) is 14.5. The van der Waals surface area contributed by atoms with Crippen LogP contribution in [-0.2, 0) is 4.74 Å². The maximum absolute atomic E-state index is 5.85. The van der Waals surface area contributed by atoms with Crippen molar-refractivity contribution in [1.82, 2.24) is 0 Å². The van der Waals surface area contributed by atoms with E-state index < -0.39 is 0 Å². The minimum Gasteiger partial charge on any atom is -0.380 e. The molecule has 1 atom stereocenters. The first-order valence-corrected chi connectivity index (χ1v) is 6.69. The van der Waals surface area contributed by atoms with Crippen molar-refractivity contribution in [3.63, 3.8) is 0 Å². The van der Waals surface area contributed by atoms with Crippen molar-refractivity contribution < 1.29 is 4.74 Å². The van der Waals surface area contributed by atoms with Crippen LogP contribution in [0, 0.1) is 0 Å². The molecule has 2 N–H and O–H groups in total. The Labute approximate surface area is 112 Å². The summed E-state index contributed by atoms with van der Waals surface area (Å²) in [6, 6.07) is 6.31. The maximum atomic E-state index is 5.85. The minimum absolute atomic E-state index is 0.0640. The first-order valence-electron chi connectivity index (χ1n) is 5.90. The summed E-state index contributed by atoms with van der Waals surface area (Å²) in [6.07, 6.45) is 0. The second-order valence-electron chi connectivity index (χ2n) is 4.12. The van der Waals surface area contributed by atoms with Crippen LogP contribution in [0.3, 0.4) is 0 Å². The van der Waals surface area contributed by atoms with E-state index in [0.29, 0.717) is 0 Å². The Kier molecular flexibility index (Phi) is 5.95. The van der Waals surface area contributed by atoms with Gasteiger partial charge >= 0.3 is 0 Å². The zero-order valence-corrected chi connectivity index (χ0v) is 12.3. The summed E-state index contributed by atoms with van der Waals surface area (Å²) in [5, 5.41) is 0. The predicted molar refractivity (Wildman–Crippen MR) is 76.5 cm³/mol. The van der Waals surface area contributed by atoms with Crippen LogP contribution in [-0.4, -0.2) is 26.8 Å². The Morgan fingerprint density at radius 2 is 2.18 bits per heavy atom. The van der Waals surface area contributed by atoms with E-state index in [9.17, 15) is 0 Å². The van der Waals surface area contributed by atoms with Crippen LogP contribution in [0.2, 0.25) is 0 Å². The molecular weight excluding hydrogens is 280 g/mol. The van der Waals surface area contributed by atoms with Crippen LogP contribution in [0.5, 0.6) is 0 Å². The van der Waals surface area contributed by atoms with E-state index in [0.717, 1.165) is 35.5 Å². The molecule has 0 spiro atoms. The highest BCUT2D eigenvalue weighted by molar-refractivity contribution is 9.10. The van der Waals surface area contributed by atoms with Crippen molar-refractivity contribution in [2.24, 2.45) is 5.73 Å². The molecule has 0 saturated carbocycles. The SMILES string of the molecule is CCOCCN(C)c1ccc(C(C)N)cc1Br. The number of halogens is 1. The zero-order chi connectivity index (χ0) is 12.8. The van der Waals surface area contributed by atoms with E-state index in [2.05, 4.69) is 46.1 Å². The number of hydrogen-bond donors (Lipinski definition) is 1. The summed E-state index contributed by atoms with van der Waals surface area (Å²) in [5.74, 6) is 0. The fourth-order valence-electron chi connectivity index (χ4n) is 1.58. The lowest BCUT2D eigenvalue weighted by molar-refractivity contribution is 0.154. The molecule has 0 saturated heterocycles. The van der Waals surface area contributed by atoms with Crippen LogP contribution in [0.4, 0.5) is 5.69 Å². The molecule has 1 aromatic rings. The quantitative estimate of drug-likeness (QED) is 0.821. The predicted octanol–water partition coefficient (Wildman–Crippen LogP) is 2.94. The molecule has 1 rings (SSSR count). The second kappa shape index (κ2) is 6.99. The fourth-order valence-corrected chi connectivity index (χ4v) is 2.28. The molecule has 0 amide bonds. The fraction of sp³-hybridized carbons (Fsp3) is 0.538. The number of nitrogens with zero attached hydrogens (tertiary/aromatic N) is 1. The number of hydrogen-bond acceptors (Lipinski definition) is 3. The third-order valence-corrected chi connectivity index (χ3v) is 3.32. The Morgan fingerprint density at radius 1 is 1.47 bits per heavy atom. The number of rotatable bonds is 6. The lowest BCUT2D eigenvalue weighted by Crippen LogP contribution is -2.23. The van der Waals surface area contributed by atoms with E-state index in [4.69, 9.17) is 10.5 Å². The van der Waals surface area contributed by atoms with E-state index in [-0.39, 0.29) is 6.04 Å². The Bertz CT molecular complexity index is 355. The van der Waals surface area contributed by atoms with Gasteiger partial charge in [0, 0.05) is 30.7 Å². The van der Waals surface area contributed by atoms with E-state index in [1.807, 2.05) is 13.8 Å². The van der Waals surface area contributed by atoms with Crippen LogP contribution in [0.25, 0.3) is 0 Å². The summed E-state index contributed by atoms with van der Waals surface area (Å²) in [5.41, 5.74) is 8.15. The molecule has 0 radical (unpaired) electrons. The van der Waals surface area contributed by atoms with Gasteiger partial charge in [0.05, 0.1) is 12.3 Å². The summed E-state index contributed by atoms with van der Waals surface area (Å²) in [6.45, 7) is 6.38. The van der Waals surface area contributed by atoms with E-state index >= 15 is 0 Å². The second-order valence-corrected chi connectivity index (χ2v) is 4.97. The van der Waals surface area contributed by atoms with Gasteiger partial charge in [-0.3, -0.25) is 0 Å². The number of benzene rings is 1. The van der Waals surface area contributed by atoms with Gasteiger partial charge in [-0.2, -0.15) is 0 Å². The molecule has 4 heteroatoms. The van der Waals surface area contributed by atoms with E-state index in [1.54, 1.807) is 0 Å². The molecule has 17 heavy (non-hydrogen) atoms. The van der Waals surface area contributed by atoms with E-state index in [1.165, 1.54) is 0 Å². The minimum atomic E-state index is 0.0640. The van der Waals surface area contributed by atoms with Crippen molar-refractivity contribution in [1.29, 1.82) is 0 Å². The molecule has 0 aliphatic heterocycles. The molecule has 0 aliphatic rings. The van der Waals surface area contributed by atoms with Crippen LogP contribution in [0.15, 0.2) is 22.7 Å². The molecule has 96 valence electrons. The topological polar surface area (TPSA) is 38.5 Å². The van der Waals surface area contributed by atoms with Crippen molar-refractivity contribution in [3.05, 3.63) is 28.2 Å². The number of nitrogens with two attached hydrogens (primary N) is 1. The highest BCUT2D eigenvalue weighted by atomic mass is 79.9. The van der Waals surface area contributed by atoms with Gasteiger partial charge in [0.15, 0.2) is 0 Å². The van der Waals surface area contributed by atoms with Crippen LogP contribution in [0.1, 0.15) is 25.5 Å². The largest absolute Gasteiger partial charge is 0.380 e. The maximum Gasteiger partial charge on any atom is 0.0641 e. The van der Waals surface area contributed by atoms with Crippen molar-refractivity contribution >= 4 is 21.6 Å². The number of likely N-dealkylation sites (N-methyl/N-ethyl adjacent to an activating group) is 1. The van der Waals surface area contributed by atoms with Gasteiger partial charge in [-0.05, 0) is 47.5 Å². The van der Waals surface area contributed by atoms with Crippen molar-refractivity contribution in [3.8, 4) is 0 Å². The van der Waals surface area contributed by atoms with Crippen LogP contribution >= 0.6 is 15.9 Å². The van der Waals surface area contributed by atoms with Gasteiger partial charge in [-0.1, -0.05) is 6.07 Å². The highest BCUT2D eigenvalue weighted by Gasteiger charge is 2.08. The molecule has 0 fully saturated rings. The zero-order valence-electron chi connectivity index (χ0n) is 10.7. The third kappa shape index (κ3) is 4.30. The summed E-state index contributed by atoms with van der Waals surface area (Å²) in [7, 11) is 2.06. The van der Waals surface area contributed by atoms with Gasteiger partial charge in [0.25, 0.3) is 0 Å². The summed E-state index contributed by atoms with van der Waals surface area (Å²) >= 11 is 3.59. The first-order chi connectivity index (χ1) is 8.06. The van der Waals surface area contributed by atoms with Gasteiger partial charge in [-0.15, -0.1) is 0 Å². The molecule has 0 aromatic heterocycles. The van der Waals surface area contributed by atoms with Crippen molar-refractivity contribution in [2.75, 3.05) is 31.7 Å². The standard InChI is InChI=1S/C13H21BrN2O/c1-4-17-8-7-16(3)13-6-5-11(10(2)15)9-12(13)14/h5-6,9-10H,4,7-8,15H2,1-3H3. The highest BCUT2D eigenvalue weighted by Crippen LogP contribution is 2.28. The van der Waals surface area contributed by atoms with Crippen molar-refractivity contribution in [2.45, 2.75) is 19.9 Å². The summed E-state index contributed by atoms with van der Waals surface area (Å²) in [4.78, 5) is 2.17. The average molecular weight is 301 g/mol. The lowest BCUT2D eigenvalue weighted by atomic mass is 10.1. The smallest absolute Gasteiger partial charge is 0.0641 e. The monoisotopic (exact) mass is 300 g/mol. The Hall–Kier alpha value is -0.580. The van der Waals surface area contributed by atoms with Gasteiger partial charge in [0.2, 0.25) is 0 Å². The molecule has 0 aliphatic carbocycles. The van der Waals surface area contributed by atoms with Gasteiger partial charge < -0.3 is 15.4 Å². The molecule has 1 aromatic carbocycles.